The number of hydrogen-bond acceptors (Lipinski definition) is 3. The highest BCUT2D eigenvalue weighted by Gasteiger charge is 2.33. The molecule has 1 aliphatic carbocycles. The van der Waals surface area contributed by atoms with E-state index in [0.717, 1.165) is 51.0 Å². The highest BCUT2D eigenvalue weighted by atomic mass is 19.1. The predicted molar refractivity (Wildman–Crippen MR) is 91.1 cm³/mol. The molecule has 0 aromatic heterocycles. The summed E-state index contributed by atoms with van der Waals surface area (Å²) in [7, 11) is 0. The Morgan fingerprint density at radius 2 is 2.04 bits per heavy atom. The van der Waals surface area contributed by atoms with Crippen LogP contribution < -0.4 is 0 Å². The average Bonchev–Trinajstić information content (AvgIpc) is 3.00. The molecule has 0 bridgehead atoms. The van der Waals surface area contributed by atoms with E-state index in [-0.39, 0.29) is 29.8 Å². The van der Waals surface area contributed by atoms with Crippen LogP contribution in [0.3, 0.4) is 0 Å². The number of benzene rings is 1. The molecule has 3 rings (SSSR count). The summed E-state index contributed by atoms with van der Waals surface area (Å²) < 4.78 is 13.3. The van der Waals surface area contributed by atoms with Gasteiger partial charge < -0.3 is 10.0 Å². The second kappa shape index (κ2) is 7.62. The van der Waals surface area contributed by atoms with Crippen molar-refractivity contribution in [3.8, 4) is 0 Å². The summed E-state index contributed by atoms with van der Waals surface area (Å²) in [6.07, 6.45) is 3.41. The van der Waals surface area contributed by atoms with E-state index in [1.54, 1.807) is 6.07 Å². The van der Waals surface area contributed by atoms with Gasteiger partial charge >= 0.3 is 0 Å². The maximum absolute atomic E-state index is 13.3. The first-order valence-electron chi connectivity index (χ1n) is 9.00. The normalized spacial score (nSPS) is 26.5. The third-order valence-corrected chi connectivity index (χ3v) is 5.39. The van der Waals surface area contributed by atoms with E-state index in [4.69, 9.17) is 0 Å². The van der Waals surface area contributed by atoms with E-state index in [0.29, 0.717) is 6.42 Å². The predicted octanol–water partition coefficient (Wildman–Crippen LogP) is 2.06. The van der Waals surface area contributed by atoms with Crippen molar-refractivity contribution in [1.82, 2.24) is 9.80 Å². The van der Waals surface area contributed by atoms with Crippen LogP contribution >= 0.6 is 0 Å². The number of aliphatic hydroxyl groups excluding tert-OH is 1. The molecule has 1 saturated carbocycles. The van der Waals surface area contributed by atoms with Crippen molar-refractivity contribution in [2.24, 2.45) is 5.92 Å². The third kappa shape index (κ3) is 3.95. The number of nitrogens with zero attached hydrogens (tertiary/aromatic N) is 2. The summed E-state index contributed by atoms with van der Waals surface area (Å²) in [6, 6.07) is 6.75. The number of rotatable bonds is 4. The zero-order valence-corrected chi connectivity index (χ0v) is 14.3. The fourth-order valence-electron chi connectivity index (χ4n) is 4.04. The van der Waals surface area contributed by atoms with Crippen LogP contribution in [0, 0.1) is 11.7 Å². The minimum Gasteiger partial charge on any atom is -0.391 e. The number of aliphatic hydroxyl groups is 1. The lowest BCUT2D eigenvalue weighted by Gasteiger charge is -2.39. The topological polar surface area (TPSA) is 43.8 Å². The van der Waals surface area contributed by atoms with Gasteiger partial charge in [-0.3, -0.25) is 9.69 Å². The van der Waals surface area contributed by atoms with Crippen LogP contribution in [-0.2, 0) is 11.2 Å². The van der Waals surface area contributed by atoms with E-state index < -0.39 is 0 Å². The van der Waals surface area contributed by atoms with Crippen LogP contribution in [-0.4, -0.2) is 59.1 Å². The number of halogens is 1. The smallest absolute Gasteiger partial charge is 0.225 e. The molecule has 1 aromatic carbocycles. The first kappa shape index (κ1) is 17.4. The van der Waals surface area contributed by atoms with Crippen molar-refractivity contribution in [3.63, 3.8) is 0 Å². The largest absolute Gasteiger partial charge is 0.391 e. The summed E-state index contributed by atoms with van der Waals surface area (Å²) in [5.41, 5.74) is 0.864. The Labute approximate surface area is 143 Å². The van der Waals surface area contributed by atoms with Crippen LogP contribution in [0.1, 0.15) is 31.7 Å². The molecule has 0 radical (unpaired) electrons. The van der Waals surface area contributed by atoms with Crippen molar-refractivity contribution < 1.29 is 14.3 Å². The zero-order chi connectivity index (χ0) is 17.1. The molecule has 2 fully saturated rings. The van der Waals surface area contributed by atoms with Gasteiger partial charge in [-0.1, -0.05) is 19.1 Å². The summed E-state index contributed by atoms with van der Waals surface area (Å²) in [4.78, 5) is 16.9. The quantitative estimate of drug-likeness (QED) is 0.917. The Hall–Kier alpha value is -1.46. The molecular formula is C19H27FN2O2. The SMILES string of the molecule is C[C@H](Cc1cccc(F)c1)C(=O)N1CCN([C@H]2CCC[C@H]2O)CC1. The van der Waals surface area contributed by atoms with E-state index in [1.807, 2.05) is 17.9 Å². The molecule has 1 heterocycles. The molecule has 1 aliphatic heterocycles. The van der Waals surface area contributed by atoms with Crippen molar-refractivity contribution >= 4 is 5.91 Å². The van der Waals surface area contributed by atoms with Gasteiger partial charge in [-0.2, -0.15) is 0 Å². The van der Waals surface area contributed by atoms with Gasteiger partial charge in [0.15, 0.2) is 0 Å². The molecule has 0 unspecified atom stereocenters. The lowest BCUT2D eigenvalue weighted by Crippen LogP contribution is -2.54. The van der Waals surface area contributed by atoms with Gasteiger partial charge in [0.2, 0.25) is 5.91 Å². The minimum absolute atomic E-state index is 0.143. The van der Waals surface area contributed by atoms with E-state index in [2.05, 4.69) is 4.90 Å². The second-order valence-electron chi connectivity index (χ2n) is 7.16. The molecule has 1 amide bonds. The molecule has 4 nitrogen and oxygen atoms in total. The summed E-state index contributed by atoms with van der Waals surface area (Å²) >= 11 is 0. The molecule has 0 spiro atoms. The van der Waals surface area contributed by atoms with Gasteiger partial charge in [-0.05, 0) is 43.4 Å². The van der Waals surface area contributed by atoms with Crippen molar-refractivity contribution in [2.75, 3.05) is 26.2 Å². The molecule has 1 aromatic rings. The first-order chi connectivity index (χ1) is 11.5. The zero-order valence-electron chi connectivity index (χ0n) is 14.3. The summed E-state index contributed by atoms with van der Waals surface area (Å²) in [5.74, 6) is -0.253. The molecule has 1 saturated heterocycles. The number of piperazine rings is 1. The van der Waals surface area contributed by atoms with Crippen LogP contribution in [0.25, 0.3) is 0 Å². The number of carbonyl (C=O) groups is 1. The Morgan fingerprint density at radius 3 is 2.67 bits per heavy atom. The van der Waals surface area contributed by atoms with Crippen LogP contribution in [0.4, 0.5) is 4.39 Å². The minimum atomic E-state index is -0.254. The molecule has 24 heavy (non-hydrogen) atoms. The fourth-order valence-corrected chi connectivity index (χ4v) is 4.04. The molecule has 3 atom stereocenters. The van der Waals surface area contributed by atoms with Gasteiger partial charge in [0.05, 0.1) is 6.10 Å². The second-order valence-corrected chi connectivity index (χ2v) is 7.16. The van der Waals surface area contributed by atoms with Gasteiger partial charge in [0.25, 0.3) is 0 Å². The van der Waals surface area contributed by atoms with Crippen molar-refractivity contribution in [1.29, 1.82) is 0 Å². The van der Waals surface area contributed by atoms with E-state index in [1.165, 1.54) is 12.1 Å². The van der Waals surface area contributed by atoms with Gasteiger partial charge in [0.1, 0.15) is 5.82 Å². The van der Waals surface area contributed by atoms with Crippen molar-refractivity contribution in [2.45, 2.75) is 44.8 Å². The molecule has 132 valence electrons. The molecule has 2 aliphatic rings. The van der Waals surface area contributed by atoms with Crippen LogP contribution in [0.2, 0.25) is 0 Å². The Bertz CT molecular complexity index is 572. The maximum Gasteiger partial charge on any atom is 0.225 e. The van der Waals surface area contributed by atoms with Gasteiger partial charge in [0, 0.05) is 38.1 Å². The standard InChI is InChI=1S/C19H27FN2O2/c1-14(12-15-4-2-5-16(20)13-15)19(24)22-10-8-21(9-11-22)17-6-3-7-18(17)23/h2,4-5,13-14,17-18,23H,3,6-12H2,1H3/t14-,17+,18-/m1/s1. The Balaban J connectivity index is 1.51. The number of carbonyl (C=O) groups excluding carboxylic acids is 1. The Kier molecular flexibility index (Phi) is 5.51. The monoisotopic (exact) mass is 334 g/mol. The van der Waals surface area contributed by atoms with Crippen LogP contribution in [0.5, 0.6) is 0 Å². The Morgan fingerprint density at radius 1 is 1.29 bits per heavy atom. The van der Waals surface area contributed by atoms with Crippen LogP contribution in [0.15, 0.2) is 24.3 Å². The maximum atomic E-state index is 13.3. The van der Waals surface area contributed by atoms with E-state index in [9.17, 15) is 14.3 Å². The van der Waals surface area contributed by atoms with Gasteiger partial charge in [-0.15, -0.1) is 0 Å². The highest BCUT2D eigenvalue weighted by Crippen LogP contribution is 2.25. The lowest BCUT2D eigenvalue weighted by molar-refractivity contribution is -0.137. The molecule has 1 N–H and O–H groups in total. The lowest BCUT2D eigenvalue weighted by atomic mass is 9.99. The van der Waals surface area contributed by atoms with Crippen molar-refractivity contribution in [3.05, 3.63) is 35.6 Å². The summed E-state index contributed by atoms with van der Waals surface area (Å²) in [6.45, 7) is 5.02. The number of hydrogen-bond donors (Lipinski definition) is 1. The highest BCUT2D eigenvalue weighted by molar-refractivity contribution is 5.79. The third-order valence-electron chi connectivity index (χ3n) is 5.39. The first-order valence-corrected chi connectivity index (χ1v) is 9.00. The van der Waals surface area contributed by atoms with Gasteiger partial charge in [-0.25, -0.2) is 4.39 Å². The summed E-state index contributed by atoms with van der Waals surface area (Å²) in [5, 5.41) is 10.0. The van der Waals surface area contributed by atoms with E-state index >= 15 is 0 Å². The fraction of sp³-hybridized carbons (Fsp3) is 0.632. The molecule has 5 heteroatoms. The number of amides is 1. The molecular weight excluding hydrogens is 307 g/mol. The average molecular weight is 334 g/mol.